The van der Waals surface area contributed by atoms with Crippen molar-refractivity contribution in [2.45, 2.75) is 19.1 Å². The van der Waals surface area contributed by atoms with E-state index in [-0.39, 0.29) is 5.91 Å². The highest BCUT2D eigenvalue weighted by molar-refractivity contribution is 6.10. The molecule has 1 atom stereocenters. The van der Waals surface area contributed by atoms with Crippen molar-refractivity contribution < 1.29 is 27.5 Å². The number of aromatic nitrogens is 3. The van der Waals surface area contributed by atoms with Crippen molar-refractivity contribution in [3.63, 3.8) is 0 Å². The molecule has 0 saturated carbocycles. The summed E-state index contributed by atoms with van der Waals surface area (Å²) in [7, 11) is 0. The number of anilines is 1. The summed E-state index contributed by atoms with van der Waals surface area (Å²) in [6.45, 7) is 2.35. The van der Waals surface area contributed by atoms with Crippen molar-refractivity contribution in [3.8, 4) is 11.3 Å². The Morgan fingerprint density at radius 3 is 2.72 bits per heavy atom. The van der Waals surface area contributed by atoms with E-state index in [4.69, 9.17) is 10.5 Å². The van der Waals surface area contributed by atoms with Crippen molar-refractivity contribution in [1.29, 1.82) is 0 Å². The highest BCUT2D eigenvalue weighted by Gasteiger charge is 2.27. The second-order valence-corrected chi connectivity index (χ2v) is 8.68. The van der Waals surface area contributed by atoms with E-state index < -0.39 is 24.8 Å². The number of amides is 3. The van der Waals surface area contributed by atoms with Crippen molar-refractivity contribution in [3.05, 3.63) is 54.5 Å². The van der Waals surface area contributed by atoms with Gasteiger partial charge in [0.2, 0.25) is 5.91 Å². The Kier molecular flexibility index (Phi) is 8.44. The predicted octanol–water partition coefficient (Wildman–Crippen LogP) is 2.70. The van der Waals surface area contributed by atoms with Crippen LogP contribution in [0.4, 0.5) is 23.7 Å². The third-order valence-electron chi connectivity index (χ3n) is 5.86. The Balaban J connectivity index is 1.48. The molecule has 1 aromatic carbocycles. The average Bonchev–Trinajstić information content (AvgIpc) is 3.35. The van der Waals surface area contributed by atoms with Gasteiger partial charge in [0.05, 0.1) is 31.3 Å². The summed E-state index contributed by atoms with van der Waals surface area (Å²) in [6.07, 6.45) is 1.54. The maximum atomic E-state index is 12.6. The highest BCUT2D eigenvalue weighted by Crippen LogP contribution is 2.24. The van der Waals surface area contributed by atoms with Gasteiger partial charge in [-0.3, -0.25) is 9.79 Å². The third kappa shape index (κ3) is 7.10. The molecule has 1 unspecified atom stereocenters. The van der Waals surface area contributed by atoms with E-state index >= 15 is 0 Å². The van der Waals surface area contributed by atoms with Gasteiger partial charge in [-0.25, -0.2) is 14.3 Å². The molecule has 3 heterocycles. The minimum atomic E-state index is -4.51. The van der Waals surface area contributed by atoms with Crippen LogP contribution in [-0.2, 0) is 9.53 Å². The number of carbonyl (C=O) groups excluding carboxylic acids is 2. The van der Waals surface area contributed by atoms with E-state index in [0.717, 1.165) is 0 Å². The number of hydrogen-bond donors (Lipinski definition) is 3. The van der Waals surface area contributed by atoms with E-state index in [1.165, 1.54) is 12.4 Å². The number of fused-ring (bicyclic) bond motifs is 1. The van der Waals surface area contributed by atoms with Crippen LogP contribution in [0.5, 0.6) is 0 Å². The summed E-state index contributed by atoms with van der Waals surface area (Å²) < 4.78 is 43.9. The van der Waals surface area contributed by atoms with Gasteiger partial charge in [0.25, 0.3) is 0 Å². The molecule has 0 bridgehead atoms. The monoisotopic (exact) mass is 544 g/mol. The maximum Gasteiger partial charge on any atom is 0.405 e. The molecule has 206 valence electrons. The second kappa shape index (κ2) is 11.9. The summed E-state index contributed by atoms with van der Waals surface area (Å²) in [4.78, 5) is 34.9. The summed E-state index contributed by atoms with van der Waals surface area (Å²) in [5.41, 5.74) is 9.02. The second-order valence-electron chi connectivity index (χ2n) is 8.68. The molecule has 4 N–H and O–H groups in total. The molecular weight excluding hydrogens is 517 g/mol. The topological polar surface area (TPSA) is 139 Å². The van der Waals surface area contributed by atoms with E-state index in [0.29, 0.717) is 60.0 Å². The molecule has 0 spiro atoms. The first-order chi connectivity index (χ1) is 18.6. The van der Waals surface area contributed by atoms with Crippen LogP contribution in [0, 0.1) is 0 Å². The van der Waals surface area contributed by atoms with Gasteiger partial charge in [0.15, 0.2) is 5.65 Å². The molecule has 4 rings (SSSR count). The number of imidazole rings is 1. The molecule has 1 aliphatic heterocycles. The Hall–Kier alpha value is -4.46. The minimum absolute atomic E-state index is 0.0908. The molecule has 39 heavy (non-hydrogen) atoms. The number of aliphatic imine (C=N–C) groups is 1. The van der Waals surface area contributed by atoms with Gasteiger partial charge in [-0.2, -0.15) is 18.3 Å². The normalized spacial score (nSPS) is 15.5. The Bertz CT molecular complexity index is 1400. The predicted molar refractivity (Wildman–Crippen MR) is 139 cm³/mol. The lowest BCUT2D eigenvalue weighted by atomic mass is 10.1. The van der Waals surface area contributed by atoms with E-state index in [9.17, 15) is 22.8 Å². The number of urea groups is 1. The van der Waals surface area contributed by atoms with Gasteiger partial charge in [-0.15, -0.1) is 0 Å². The Labute approximate surface area is 221 Å². The molecule has 2 aromatic heterocycles. The average molecular weight is 545 g/mol. The van der Waals surface area contributed by atoms with Crippen LogP contribution in [-0.4, -0.2) is 82.7 Å². The number of hydrogen-bond acceptors (Lipinski definition) is 7. The van der Waals surface area contributed by atoms with Crippen molar-refractivity contribution in [2.24, 2.45) is 10.7 Å². The molecule has 0 radical (unpaired) electrons. The molecule has 11 nitrogen and oxygen atoms in total. The third-order valence-corrected chi connectivity index (χ3v) is 5.86. The Morgan fingerprint density at radius 2 is 2.00 bits per heavy atom. The van der Waals surface area contributed by atoms with Crippen molar-refractivity contribution >= 4 is 35.1 Å². The number of nitrogens with zero attached hydrogens (tertiary/aromatic N) is 5. The zero-order valence-electron chi connectivity index (χ0n) is 21.0. The Morgan fingerprint density at radius 1 is 1.23 bits per heavy atom. The number of nitrogens with one attached hydrogen (secondary N) is 2. The largest absolute Gasteiger partial charge is 0.405 e. The number of ether oxygens (including phenoxy) is 1. The van der Waals surface area contributed by atoms with Crippen LogP contribution < -0.4 is 16.4 Å². The fourth-order valence-corrected chi connectivity index (χ4v) is 3.86. The molecule has 1 aliphatic rings. The van der Waals surface area contributed by atoms with Crippen LogP contribution in [0.2, 0.25) is 0 Å². The molecule has 3 aromatic rings. The van der Waals surface area contributed by atoms with Crippen LogP contribution in [0.15, 0.2) is 53.9 Å². The zero-order chi connectivity index (χ0) is 28.0. The molecule has 3 amide bonds. The van der Waals surface area contributed by atoms with Crippen LogP contribution >= 0.6 is 0 Å². The molecule has 1 saturated heterocycles. The number of halogens is 3. The first-order valence-corrected chi connectivity index (χ1v) is 12.0. The summed E-state index contributed by atoms with van der Waals surface area (Å²) in [6, 6.07) is 6.72. The summed E-state index contributed by atoms with van der Waals surface area (Å²) in [5, 5.41) is 8.59. The molecule has 14 heteroatoms. The van der Waals surface area contributed by atoms with Crippen molar-refractivity contribution in [1.82, 2.24) is 24.8 Å². The number of benzene rings is 1. The van der Waals surface area contributed by atoms with Crippen LogP contribution in [0.3, 0.4) is 0 Å². The van der Waals surface area contributed by atoms with Gasteiger partial charge >= 0.3 is 12.2 Å². The number of alkyl halides is 3. The number of morpholine rings is 1. The smallest absolute Gasteiger partial charge is 0.404 e. The van der Waals surface area contributed by atoms with Crippen LogP contribution in [0.1, 0.15) is 12.5 Å². The fourth-order valence-electron chi connectivity index (χ4n) is 3.86. The van der Waals surface area contributed by atoms with Crippen molar-refractivity contribution in [2.75, 3.05) is 38.2 Å². The summed E-state index contributed by atoms with van der Waals surface area (Å²) >= 11 is 0. The maximum absolute atomic E-state index is 12.6. The van der Waals surface area contributed by atoms with Crippen LogP contribution in [0.25, 0.3) is 22.5 Å². The molecular formula is C25H27F3N8O3. The fraction of sp³-hybridized carbons (Fsp3) is 0.320. The van der Waals surface area contributed by atoms with Gasteiger partial charge in [-0.1, -0.05) is 12.1 Å². The zero-order valence-corrected chi connectivity index (χ0v) is 21.0. The first-order valence-electron chi connectivity index (χ1n) is 12.0. The first kappa shape index (κ1) is 27.6. The van der Waals surface area contributed by atoms with Gasteiger partial charge < -0.3 is 26.0 Å². The van der Waals surface area contributed by atoms with Gasteiger partial charge in [-0.05, 0) is 25.1 Å². The highest BCUT2D eigenvalue weighted by atomic mass is 19.4. The number of allylic oxidation sites excluding steroid dienone is 1. The van der Waals surface area contributed by atoms with E-state index in [2.05, 4.69) is 20.4 Å². The van der Waals surface area contributed by atoms with Gasteiger partial charge in [0, 0.05) is 47.9 Å². The number of nitrogens with two attached hydrogens (primary N) is 1. The molecule has 0 aliphatic carbocycles. The van der Waals surface area contributed by atoms with Gasteiger partial charge in [0.1, 0.15) is 12.6 Å². The number of carbonyl (C=O) groups is 2. The number of rotatable bonds is 7. The lowest BCUT2D eigenvalue weighted by molar-refractivity contribution is -0.136. The lowest BCUT2D eigenvalue weighted by Crippen LogP contribution is -2.44. The standard InChI is InChI=1S/C25H27F3N8O3/c1-16(23(37)35-5-7-39-8-6-35)30-12-19(11-29)18-10-22-31-14-21(36(22)33-13-18)17-3-2-4-20(9-17)34-24(38)32-15-25(26,27)28/h2-4,9-14,16H,5-8,15,29H2,1H3,(H2,32,34,38). The SMILES string of the molecule is CC(N=CC(=CN)c1cnn2c(-c3cccc(NC(=O)NCC(F)(F)F)c3)cnc2c1)C(=O)N1CCOCC1. The summed E-state index contributed by atoms with van der Waals surface area (Å²) in [5.74, 6) is -0.0908. The molecule has 1 fully saturated rings. The van der Waals surface area contributed by atoms with E-state index in [1.54, 1.807) is 64.4 Å². The lowest BCUT2D eigenvalue weighted by Gasteiger charge is -2.28. The van der Waals surface area contributed by atoms with E-state index in [1.807, 2.05) is 0 Å². The minimum Gasteiger partial charge on any atom is -0.404 e. The quantitative estimate of drug-likeness (QED) is 0.391.